The Bertz CT molecular complexity index is 1200. The summed E-state index contributed by atoms with van der Waals surface area (Å²) in [5.74, 6) is 3.65. The molecule has 2 heterocycles. The quantitative estimate of drug-likeness (QED) is 0.573. The van der Waals surface area contributed by atoms with Crippen molar-refractivity contribution in [3.8, 4) is 17.7 Å². The van der Waals surface area contributed by atoms with Crippen LogP contribution < -0.4 is 10.1 Å². The number of aromatic nitrogens is 1. The van der Waals surface area contributed by atoms with Crippen LogP contribution in [0.25, 0.3) is 0 Å². The van der Waals surface area contributed by atoms with Gasteiger partial charge < -0.3 is 29.7 Å². The third-order valence-electron chi connectivity index (χ3n) is 5.94. The van der Waals surface area contributed by atoms with Crippen LogP contribution in [0.2, 0.25) is 0 Å². The number of methoxy groups -OCH3 is 1. The molecule has 0 saturated heterocycles. The van der Waals surface area contributed by atoms with Gasteiger partial charge in [0, 0.05) is 44.4 Å². The molecule has 11 heteroatoms. The molecule has 2 aromatic rings. The molecule has 0 aliphatic carbocycles. The van der Waals surface area contributed by atoms with Crippen LogP contribution in [0.3, 0.4) is 0 Å². The van der Waals surface area contributed by atoms with Crippen molar-refractivity contribution in [2.24, 2.45) is 5.92 Å². The Labute approximate surface area is 214 Å². The number of carbonyl (C=O) groups is 2. The van der Waals surface area contributed by atoms with Gasteiger partial charge in [-0.3, -0.25) is 4.79 Å². The van der Waals surface area contributed by atoms with E-state index in [1.807, 2.05) is 6.92 Å². The molecule has 1 aliphatic heterocycles. The van der Waals surface area contributed by atoms with Gasteiger partial charge in [0.2, 0.25) is 5.88 Å². The fourth-order valence-corrected chi connectivity index (χ4v) is 3.76. The smallest absolute Gasteiger partial charge is 0.321 e. The Hall–Kier alpha value is -3.75. The Morgan fingerprint density at radius 3 is 2.86 bits per heavy atom. The van der Waals surface area contributed by atoms with Crippen LogP contribution in [0.5, 0.6) is 5.88 Å². The maximum absolute atomic E-state index is 14.0. The number of nitrogens with zero attached hydrogens (tertiary/aromatic N) is 3. The van der Waals surface area contributed by atoms with Gasteiger partial charge in [-0.25, -0.2) is 18.6 Å². The molecule has 0 saturated carbocycles. The zero-order valence-corrected chi connectivity index (χ0v) is 21.1. The molecule has 3 amide bonds. The maximum atomic E-state index is 14.0. The first-order chi connectivity index (χ1) is 17.6. The molecule has 2 N–H and O–H groups in total. The van der Waals surface area contributed by atoms with Crippen LogP contribution in [-0.4, -0.2) is 84.4 Å². The lowest BCUT2D eigenvalue weighted by Crippen LogP contribution is -2.50. The fraction of sp³-hybridized carbons (Fsp3) is 0.423. The molecular formula is C26H30F2N4O5. The minimum Gasteiger partial charge on any atom is -0.472 e. The largest absolute Gasteiger partial charge is 0.472 e. The van der Waals surface area contributed by atoms with Gasteiger partial charge in [0.05, 0.1) is 24.9 Å². The van der Waals surface area contributed by atoms with Crippen molar-refractivity contribution in [1.29, 1.82) is 0 Å². The zero-order valence-electron chi connectivity index (χ0n) is 21.1. The van der Waals surface area contributed by atoms with E-state index in [1.54, 1.807) is 13.0 Å². The van der Waals surface area contributed by atoms with Gasteiger partial charge in [-0.2, -0.15) is 0 Å². The first-order valence-electron chi connectivity index (χ1n) is 11.7. The fourth-order valence-electron chi connectivity index (χ4n) is 3.76. The van der Waals surface area contributed by atoms with Gasteiger partial charge in [0.15, 0.2) is 0 Å². The summed E-state index contributed by atoms with van der Waals surface area (Å²) in [4.78, 5) is 33.3. The number of likely N-dealkylation sites (N-methyl/N-ethyl adjacent to an activating group) is 1. The average molecular weight is 517 g/mol. The summed E-state index contributed by atoms with van der Waals surface area (Å²) in [5.41, 5.74) is 0.379. The van der Waals surface area contributed by atoms with Gasteiger partial charge in [-0.05, 0) is 25.1 Å². The lowest BCUT2D eigenvalue weighted by Gasteiger charge is -2.37. The van der Waals surface area contributed by atoms with Gasteiger partial charge in [0.1, 0.15) is 29.9 Å². The SMILES string of the molecule is COCC#Cc1cnc2c(c1)C(=O)N([C@H](C)CO)C[C@@H](C)[C@@H](CN(C)C(=O)Nc1cc(F)ccc1F)O2. The van der Waals surface area contributed by atoms with Crippen LogP contribution in [0, 0.1) is 29.4 Å². The standard InChI is InChI=1S/C26H30F2N4O5/c1-16-13-32(17(2)15-33)25(34)20-10-18(6-5-9-36-4)12-29-24(20)37-23(16)14-31(3)26(35)30-22-11-19(27)7-8-21(22)28/h7-8,10-12,16-17,23,33H,9,13-15H2,1-4H3,(H,30,35)/t16-,17-,23-/m1/s1. The summed E-state index contributed by atoms with van der Waals surface area (Å²) < 4.78 is 38.5. The van der Waals surface area contributed by atoms with Crippen LogP contribution in [0.15, 0.2) is 30.5 Å². The summed E-state index contributed by atoms with van der Waals surface area (Å²) in [5, 5.41) is 12.1. The average Bonchev–Trinajstić information content (AvgIpc) is 2.88. The van der Waals surface area contributed by atoms with E-state index in [0.717, 1.165) is 18.2 Å². The number of aliphatic hydroxyl groups excluding tert-OH is 1. The highest BCUT2D eigenvalue weighted by molar-refractivity contribution is 5.97. The van der Waals surface area contributed by atoms with Crippen molar-refractivity contribution < 1.29 is 33.0 Å². The second kappa shape index (κ2) is 12.5. The summed E-state index contributed by atoms with van der Waals surface area (Å²) in [6, 6.07) is 3.19. The number of hydrogen-bond acceptors (Lipinski definition) is 6. The summed E-state index contributed by atoms with van der Waals surface area (Å²) >= 11 is 0. The van der Waals surface area contributed by atoms with E-state index in [1.165, 1.54) is 30.2 Å². The number of rotatable bonds is 6. The van der Waals surface area contributed by atoms with Gasteiger partial charge in [0.25, 0.3) is 5.91 Å². The molecule has 9 nitrogen and oxygen atoms in total. The number of amides is 3. The third kappa shape index (κ3) is 6.93. The molecule has 3 rings (SSSR count). The molecule has 0 radical (unpaired) electrons. The highest BCUT2D eigenvalue weighted by Gasteiger charge is 2.34. The monoisotopic (exact) mass is 516 g/mol. The van der Waals surface area contributed by atoms with Crippen molar-refractivity contribution in [1.82, 2.24) is 14.8 Å². The number of nitrogens with one attached hydrogen (secondary N) is 1. The van der Waals surface area contributed by atoms with Gasteiger partial charge in [-0.15, -0.1) is 0 Å². The Morgan fingerprint density at radius 1 is 1.41 bits per heavy atom. The minimum atomic E-state index is -0.770. The maximum Gasteiger partial charge on any atom is 0.321 e. The number of urea groups is 1. The predicted octanol–water partition coefficient (Wildman–Crippen LogP) is 2.74. The molecule has 3 atom stereocenters. The third-order valence-corrected chi connectivity index (χ3v) is 5.94. The topological polar surface area (TPSA) is 104 Å². The number of benzene rings is 1. The van der Waals surface area contributed by atoms with Crippen molar-refractivity contribution in [2.45, 2.75) is 26.0 Å². The first-order valence-corrected chi connectivity index (χ1v) is 11.7. The highest BCUT2D eigenvalue weighted by atomic mass is 19.1. The van der Waals surface area contributed by atoms with E-state index in [0.29, 0.717) is 5.56 Å². The van der Waals surface area contributed by atoms with Crippen molar-refractivity contribution >= 4 is 17.6 Å². The Balaban J connectivity index is 1.88. The lowest BCUT2D eigenvalue weighted by molar-refractivity contribution is 0.0356. The van der Waals surface area contributed by atoms with Crippen molar-refractivity contribution in [3.63, 3.8) is 0 Å². The van der Waals surface area contributed by atoms with Crippen molar-refractivity contribution in [2.75, 3.05) is 45.8 Å². The number of anilines is 1. The van der Waals surface area contributed by atoms with E-state index in [9.17, 15) is 23.5 Å². The van der Waals surface area contributed by atoms with Crippen LogP contribution in [-0.2, 0) is 4.74 Å². The van der Waals surface area contributed by atoms with E-state index < -0.39 is 29.8 Å². The second-order valence-corrected chi connectivity index (χ2v) is 8.87. The molecule has 0 spiro atoms. The molecule has 0 bridgehead atoms. The molecule has 1 aromatic carbocycles. The number of carbonyl (C=O) groups excluding carboxylic acids is 2. The zero-order chi connectivity index (χ0) is 27.1. The molecule has 0 unspecified atom stereocenters. The Morgan fingerprint density at radius 2 is 2.16 bits per heavy atom. The lowest BCUT2D eigenvalue weighted by atomic mass is 10.00. The van der Waals surface area contributed by atoms with Crippen molar-refractivity contribution in [3.05, 3.63) is 53.2 Å². The van der Waals surface area contributed by atoms with Crippen LogP contribution in [0.1, 0.15) is 29.8 Å². The van der Waals surface area contributed by atoms with Crippen LogP contribution in [0.4, 0.5) is 19.3 Å². The number of aliphatic hydroxyl groups is 1. The van der Waals surface area contributed by atoms with E-state index in [4.69, 9.17) is 9.47 Å². The molecule has 1 aliphatic rings. The summed E-state index contributed by atoms with van der Waals surface area (Å²) in [6.07, 6.45) is 0.854. The number of fused-ring (bicyclic) bond motifs is 1. The predicted molar refractivity (Wildman–Crippen MR) is 132 cm³/mol. The first kappa shape index (κ1) is 27.8. The number of hydrogen-bond donors (Lipinski definition) is 2. The van der Waals surface area contributed by atoms with Crippen LogP contribution >= 0.6 is 0 Å². The second-order valence-electron chi connectivity index (χ2n) is 8.87. The highest BCUT2D eigenvalue weighted by Crippen LogP contribution is 2.27. The molecule has 198 valence electrons. The van der Waals surface area contributed by atoms with E-state index >= 15 is 0 Å². The normalized spacial score (nSPS) is 17.9. The summed E-state index contributed by atoms with van der Waals surface area (Å²) in [7, 11) is 3.01. The van der Waals surface area contributed by atoms with Gasteiger partial charge in [-0.1, -0.05) is 18.8 Å². The number of ether oxygens (including phenoxy) is 2. The molecule has 37 heavy (non-hydrogen) atoms. The Kier molecular flexibility index (Phi) is 9.38. The molecular weight excluding hydrogens is 486 g/mol. The van der Waals surface area contributed by atoms with E-state index in [-0.39, 0.29) is 55.3 Å². The molecule has 0 fully saturated rings. The minimum absolute atomic E-state index is 0.0516. The number of pyridine rings is 1. The van der Waals surface area contributed by atoms with E-state index in [2.05, 4.69) is 22.1 Å². The van der Waals surface area contributed by atoms with Gasteiger partial charge >= 0.3 is 6.03 Å². The summed E-state index contributed by atoms with van der Waals surface area (Å²) in [6.45, 7) is 3.83. The molecule has 1 aromatic heterocycles. The number of halogens is 2.